The molecule has 90 valence electrons. The largest absolute Gasteiger partial charge is 0.493 e. The zero-order chi connectivity index (χ0) is 11.8. The molecule has 1 heterocycles. The number of nitrogens with one attached hydrogen (secondary N) is 1. The maximum atomic E-state index is 5.37. The molecule has 0 spiro atoms. The van der Waals surface area contributed by atoms with Crippen LogP contribution >= 0.6 is 0 Å². The second kappa shape index (κ2) is 3.99. The molecule has 0 unspecified atom stereocenters. The van der Waals surface area contributed by atoms with Crippen molar-refractivity contribution in [1.82, 2.24) is 4.98 Å². The number of rotatable bonds is 2. The van der Waals surface area contributed by atoms with Crippen molar-refractivity contribution in [3.63, 3.8) is 0 Å². The first-order valence-electron chi connectivity index (χ1n) is 6.09. The lowest BCUT2D eigenvalue weighted by Gasteiger charge is -2.11. The summed E-state index contributed by atoms with van der Waals surface area (Å²) >= 11 is 0. The Morgan fingerprint density at radius 1 is 1.00 bits per heavy atom. The zero-order valence-electron chi connectivity index (χ0n) is 10.3. The van der Waals surface area contributed by atoms with Gasteiger partial charge in [-0.1, -0.05) is 0 Å². The summed E-state index contributed by atoms with van der Waals surface area (Å²) in [4.78, 5) is 3.51. The number of aromatic amines is 1. The predicted molar refractivity (Wildman–Crippen MR) is 68.0 cm³/mol. The van der Waals surface area contributed by atoms with Gasteiger partial charge >= 0.3 is 0 Å². The molecule has 1 aliphatic carbocycles. The number of ether oxygens (including phenoxy) is 2. The number of methoxy groups -OCH3 is 2. The number of aromatic nitrogens is 1. The molecular weight excluding hydrogens is 214 g/mol. The first kappa shape index (κ1) is 10.5. The molecule has 0 atom stereocenters. The summed E-state index contributed by atoms with van der Waals surface area (Å²) in [6, 6.07) is 4.13. The Morgan fingerprint density at radius 2 is 1.71 bits per heavy atom. The van der Waals surface area contributed by atoms with Crippen molar-refractivity contribution < 1.29 is 9.47 Å². The van der Waals surface area contributed by atoms with Crippen LogP contribution in [0, 0.1) is 0 Å². The van der Waals surface area contributed by atoms with Gasteiger partial charge < -0.3 is 14.5 Å². The minimum atomic E-state index is 0.790. The van der Waals surface area contributed by atoms with E-state index in [9.17, 15) is 0 Å². The third kappa shape index (κ3) is 1.57. The van der Waals surface area contributed by atoms with Gasteiger partial charge in [-0.2, -0.15) is 0 Å². The van der Waals surface area contributed by atoms with Crippen LogP contribution < -0.4 is 9.47 Å². The van der Waals surface area contributed by atoms with Crippen LogP contribution in [0.2, 0.25) is 0 Å². The van der Waals surface area contributed by atoms with Crippen LogP contribution in [0.15, 0.2) is 12.1 Å². The second-order valence-corrected chi connectivity index (χ2v) is 4.54. The normalized spacial score (nSPS) is 14.7. The highest BCUT2D eigenvalue weighted by molar-refractivity contribution is 5.88. The molecule has 0 amide bonds. The maximum absolute atomic E-state index is 5.37. The van der Waals surface area contributed by atoms with Crippen molar-refractivity contribution >= 4 is 10.9 Å². The van der Waals surface area contributed by atoms with E-state index >= 15 is 0 Å². The molecule has 1 aliphatic rings. The van der Waals surface area contributed by atoms with E-state index < -0.39 is 0 Å². The monoisotopic (exact) mass is 231 g/mol. The van der Waals surface area contributed by atoms with Gasteiger partial charge in [-0.05, 0) is 37.3 Å². The van der Waals surface area contributed by atoms with Crippen molar-refractivity contribution in [2.24, 2.45) is 0 Å². The van der Waals surface area contributed by atoms with Crippen LogP contribution in [0.5, 0.6) is 11.5 Å². The van der Waals surface area contributed by atoms with Crippen LogP contribution in [0.1, 0.15) is 24.1 Å². The average Bonchev–Trinajstić information content (AvgIpc) is 2.74. The first-order chi connectivity index (χ1) is 8.33. The van der Waals surface area contributed by atoms with Crippen molar-refractivity contribution in [2.45, 2.75) is 25.7 Å². The summed E-state index contributed by atoms with van der Waals surface area (Å²) in [5, 5.41) is 1.29. The van der Waals surface area contributed by atoms with Crippen LogP contribution in [0.25, 0.3) is 10.9 Å². The Balaban J connectivity index is 2.24. The van der Waals surface area contributed by atoms with E-state index in [1.807, 2.05) is 6.07 Å². The molecule has 17 heavy (non-hydrogen) atoms. The topological polar surface area (TPSA) is 34.2 Å². The Hall–Kier alpha value is -1.64. The number of benzene rings is 1. The fourth-order valence-corrected chi connectivity index (χ4v) is 2.74. The molecule has 0 fully saturated rings. The minimum absolute atomic E-state index is 0.790. The molecule has 0 aliphatic heterocycles. The van der Waals surface area contributed by atoms with E-state index in [0.717, 1.165) is 23.4 Å². The molecular formula is C14H17NO2. The lowest BCUT2D eigenvalue weighted by Crippen LogP contribution is -2.00. The van der Waals surface area contributed by atoms with E-state index in [1.54, 1.807) is 14.2 Å². The van der Waals surface area contributed by atoms with Crippen molar-refractivity contribution in [3.05, 3.63) is 23.4 Å². The van der Waals surface area contributed by atoms with Crippen molar-refractivity contribution in [2.75, 3.05) is 14.2 Å². The highest BCUT2D eigenvalue weighted by Crippen LogP contribution is 2.36. The van der Waals surface area contributed by atoms with E-state index in [2.05, 4.69) is 11.1 Å². The predicted octanol–water partition coefficient (Wildman–Crippen LogP) is 3.06. The number of H-pyrrole nitrogens is 1. The Bertz CT molecular complexity index is 557. The van der Waals surface area contributed by atoms with Crippen LogP contribution in [-0.2, 0) is 12.8 Å². The molecule has 2 aromatic rings. The Kier molecular flexibility index (Phi) is 2.46. The molecule has 3 nitrogen and oxygen atoms in total. The average molecular weight is 231 g/mol. The summed E-state index contributed by atoms with van der Waals surface area (Å²) in [6.07, 6.45) is 4.90. The lowest BCUT2D eigenvalue weighted by molar-refractivity contribution is 0.356. The smallest absolute Gasteiger partial charge is 0.162 e. The molecule has 3 heteroatoms. The van der Waals surface area contributed by atoms with Crippen LogP contribution in [0.3, 0.4) is 0 Å². The quantitative estimate of drug-likeness (QED) is 0.862. The SMILES string of the molecule is COc1cc2[nH]c3c(c2cc1OC)CCCC3. The molecule has 0 bridgehead atoms. The summed E-state index contributed by atoms with van der Waals surface area (Å²) in [5.74, 6) is 1.60. The van der Waals surface area contributed by atoms with Gasteiger partial charge in [0.05, 0.1) is 14.2 Å². The summed E-state index contributed by atoms with van der Waals surface area (Å²) in [7, 11) is 3.36. The molecule has 1 aromatic heterocycles. The van der Waals surface area contributed by atoms with E-state index in [1.165, 1.54) is 35.9 Å². The zero-order valence-corrected chi connectivity index (χ0v) is 10.3. The van der Waals surface area contributed by atoms with Crippen molar-refractivity contribution in [3.8, 4) is 11.5 Å². The standard InChI is InChI=1S/C14H17NO2/c1-16-13-7-10-9-5-3-4-6-11(9)15-12(10)8-14(13)17-2/h7-8,15H,3-6H2,1-2H3. The van der Waals surface area contributed by atoms with Gasteiger partial charge in [0, 0.05) is 22.7 Å². The van der Waals surface area contributed by atoms with Gasteiger partial charge in [0.25, 0.3) is 0 Å². The highest BCUT2D eigenvalue weighted by Gasteiger charge is 2.17. The molecule has 0 saturated carbocycles. The molecule has 1 aromatic carbocycles. The first-order valence-corrected chi connectivity index (χ1v) is 6.09. The number of fused-ring (bicyclic) bond motifs is 3. The van der Waals surface area contributed by atoms with Crippen LogP contribution in [0.4, 0.5) is 0 Å². The third-order valence-corrected chi connectivity index (χ3v) is 3.60. The molecule has 3 rings (SSSR count). The third-order valence-electron chi connectivity index (χ3n) is 3.60. The molecule has 0 radical (unpaired) electrons. The Labute approximate surface area is 101 Å². The molecule has 0 saturated heterocycles. The lowest BCUT2D eigenvalue weighted by atomic mass is 9.95. The van der Waals surface area contributed by atoms with Crippen LogP contribution in [-0.4, -0.2) is 19.2 Å². The Morgan fingerprint density at radius 3 is 2.47 bits per heavy atom. The van der Waals surface area contributed by atoms with Gasteiger partial charge in [0.15, 0.2) is 11.5 Å². The van der Waals surface area contributed by atoms with E-state index in [0.29, 0.717) is 0 Å². The van der Waals surface area contributed by atoms with E-state index in [-0.39, 0.29) is 0 Å². The minimum Gasteiger partial charge on any atom is -0.493 e. The summed E-state index contributed by atoms with van der Waals surface area (Å²) in [6.45, 7) is 0. The van der Waals surface area contributed by atoms with Gasteiger partial charge in [0.1, 0.15) is 0 Å². The summed E-state index contributed by atoms with van der Waals surface area (Å²) < 4.78 is 10.7. The van der Waals surface area contributed by atoms with Crippen molar-refractivity contribution in [1.29, 1.82) is 0 Å². The van der Waals surface area contributed by atoms with Gasteiger partial charge in [0.2, 0.25) is 0 Å². The molecule has 1 N–H and O–H groups in total. The fraction of sp³-hybridized carbons (Fsp3) is 0.429. The number of hydrogen-bond acceptors (Lipinski definition) is 2. The van der Waals surface area contributed by atoms with Gasteiger partial charge in [-0.15, -0.1) is 0 Å². The fourth-order valence-electron chi connectivity index (χ4n) is 2.74. The highest BCUT2D eigenvalue weighted by atomic mass is 16.5. The second-order valence-electron chi connectivity index (χ2n) is 4.54. The summed E-state index contributed by atoms with van der Waals surface area (Å²) in [5.41, 5.74) is 4.02. The number of hydrogen-bond donors (Lipinski definition) is 1. The van der Waals surface area contributed by atoms with E-state index in [4.69, 9.17) is 9.47 Å². The van der Waals surface area contributed by atoms with Gasteiger partial charge in [-0.25, -0.2) is 0 Å². The van der Waals surface area contributed by atoms with Gasteiger partial charge in [-0.3, -0.25) is 0 Å². The number of aryl methyl sites for hydroxylation is 2. The maximum Gasteiger partial charge on any atom is 0.162 e.